The van der Waals surface area contributed by atoms with Crippen LogP contribution in [0.25, 0.3) is 0 Å². The number of aromatic nitrogens is 2. The van der Waals surface area contributed by atoms with Crippen LogP contribution in [0.5, 0.6) is 0 Å². The first-order chi connectivity index (χ1) is 7.49. The van der Waals surface area contributed by atoms with E-state index < -0.39 is 5.60 Å². The molecule has 1 saturated heterocycles. The third-order valence-corrected chi connectivity index (χ3v) is 2.84. The van der Waals surface area contributed by atoms with Gasteiger partial charge in [0.2, 0.25) is 0 Å². The molecule has 1 unspecified atom stereocenters. The minimum Gasteiger partial charge on any atom is -0.396 e. The summed E-state index contributed by atoms with van der Waals surface area (Å²) in [6.45, 7) is 2.72. The number of nitrogens with one attached hydrogen (secondary N) is 1. The molecule has 2 rings (SSSR count). The van der Waals surface area contributed by atoms with Gasteiger partial charge in [0, 0.05) is 13.1 Å². The van der Waals surface area contributed by atoms with E-state index >= 15 is 0 Å². The van der Waals surface area contributed by atoms with Crippen LogP contribution in [0.4, 0.5) is 5.69 Å². The number of carbonyl (C=O) groups is 1. The zero-order valence-electron chi connectivity index (χ0n) is 9.23. The van der Waals surface area contributed by atoms with Crippen LogP contribution in [-0.4, -0.2) is 44.8 Å². The molecule has 1 aromatic rings. The summed E-state index contributed by atoms with van der Waals surface area (Å²) in [5.41, 5.74) is 5.46. The van der Waals surface area contributed by atoms with Gasteiger partial charge in [0.15, 0.2) is 0 Å². The fraction of sp³-hybridized carbons (Fsp3) is 0.600. The number of hydrogen-bond acceptors (Lipinski definition) is 4. The van der Waals surface area contributed by atoms with E-state index in [2.05, 4.69) is 10.2 Å². The quantitative estimate of drug-likeness (QED) is 0.624. The highest BCUT2D eigenvalue weighted by Gasteiger charge is 2.32. The highest BCUT2D eigenvalue weighted by molar-refractivity contribution is 5.97. The van der Waals surface area contributed by atoms with Gasteiger partial charge >= 0.3 is 0 Å². The number of anilines is 1. The summed E-state index contributed by atoms with van der Waals surface area (Å²) < 4.78 is 0. The third kappa shape index (κ3) is 2.01. The Morgan fingerprint density at radius 2 is 2.50 bits per heavy atom. The number of piperidine rings is 1. The van der Waals surface area contributed by atoms with Crippen molar-refractivity contribution in [3.63, 3.8) is 0 Å². The Labute approximate surface area is 93.4 Å². The average molecular weight is 224 g/mol. The highest BCUT2D eigenvalue weighted by Crippen LogP contribution is 2.22. The average Bonchev–Trinajstić information content (AvgIpc) is 2.62. The number of likely N-dealkylation sites (tertiary alicyclic amines) is 1. The Morgan fingerprint density at radius 1 is 1.75 bits per heavy atom. The number of amides is 1. The molecule has 1 atom stereocenters. The van der Waals surface area contributed by atoms with E-state index in [-0.39, 0.29) is 5.91 Å². The lowest BCUT2D eigenvalue weighted by molar-refractivity contribution is -0.0109. The lowest BCUT2D eigenvalue weighted by Gasteiger charge is -2.36. The minimum atomic E-state index is -0.803. The second kappa shape index (κ2) is 3.79. The van der Waals surface area contributed by atoms with Crippen molar-refractivity contribution in [2.75, 3.05) is 18.8 Å². The number of nitrogens with zero attached hydrogens (tertiary/aromatic N) is 2. The molecule has 0 aliphatic carbocycles. The van der Waals surface area contributed by atoms with Gasteiger partial charge in [-0.1, -0.05) is 0 Å². The van der Waals surface area contributed by atoms with Gasteiger partial charge in [0.05, 0.1) is 17.5 Å². The van der Waals surface area contributed by atoms with Gasteiger partial charge in [-0.2, -0.15) is 5.10 Å². The number of β-amino-alcohol motifs (C(OH)–C–C–N with tert-alkyl or cyclic N) is 1. The van der Waals surface area contributed by atoms with Crippen LogP contribution in [0, 0.1) is 0 Å². The molecule has 2 heterocycles. The molecular formula is C10H16N4O2. The maximum atomic E-state index is 12.0. The van der Waals surface area contributed by atoms with Crippen molar-refractivity contribution < 1.29 is 9.90 Å². The van der Waals surface area contributed by atoms with Crippen LogP contribution >= 0.6 is 0 Å². The van der Waals surface area contributed by atoms with Gasteiger partial charge in [-0.3, -0.25) is 9.89 Å². The number of H-pyrrole nitrogens is 1. The van der Waals surface area contributed by atoms with Crippen molar-refractivity contribution in [1.29, 1.82) is 0 Å². The Kier molecular flexibility index (Phi) is 2.59. The van der Waals surface area contributed by atoms with E-state index in [1.165, 1.54) is 6.20 Å². The fourth-order valence-electron chi connectivity index (χ4n) is 2.02. The molecule has 88 valence electrons. The summed E-state index contributed by atoms with van der Waals surface area (Å²) in [4.78, 5) is 13.6. The number of hydrogen-bond donors (Lipinski definition) is 3. The normalized spacial score (nSPS) is 25.8. The minimum absolute atomic E-state index is 0.199. The number of nitrogens with two attached hydrogens (primary N) is 1. The fourth-order valence-corrected chi connectivity index (χ4v) is 2.02. The van der Waals surface area contributed by atoms with Crippen molar-refractivity contribution in [2.45, 2.75) is 25.4 Å². The van der Waals surface area contributed by atoms with Crippen LogP contribution in [0.15, 0.2) is 6.20 Å². The molecule has 1 fully saturated rings. The van der Waals surface area contributed by atoms with Gasteiger partial charge in [0.25, 0.3) is 5.91 Å². The van der Waals surface area contributed by atoms with Crippen molar-refractivity contribution in [1.82, 2.24) is 15.1 Å². The monoisotopic (exact) mass is 224 g/mol. The molecule has 0 aromatic carbocycles. The molecule has 1 aliphatic heterocycles. The third-order valence-electron chi connectivity index (χ3n) is 2.84. The van der Waals surface area contributed by atoms with E-state index in [0.29, 0.717) is 24.5 Å². The summed E-state index contributed by atoms with van der Waals surface area (Å²) >= 11 is 0. The SMILES string of the molecule is CC1(O)CCCN(C(=O)c2[nH]ncc2N)C1. The van der Waals surface area contributed by atoms with E-state index in [0.717, 1.165) is 12.8 Å². The molecule has 1 aliphatic rings. The van der Waals surface area contributed by atoms with Crippen molar-refractivity contribution in [3.8, 4) is 0 Å². The van der Waals surface area contributed by atoms with E-state index in [1.54, 1.807) is 11.8 Å². The smallest absolute Gasteiger partial charge is 0.274 e. The first-order valence-electron chi connectivity index (χ1n) is 5.30. The molecule has 6 nitrogen and oxygen atoms in total. The summed E-state index contributed by atoms with van der Waals surface area (Å²) in [7, 11) is 0. The Hall–Kier alpha value is -1.56. The largest absolute Gasteiger partial charge is 0.396 e. The Balaban J connectivity index is 2.14. The summed E-state index contributed by atoms with van der Waals surface area (Å²) in [5.74, 6) is -0.199. The summed E-state index contributed by atoms with van der Waals surface area (Å²) in [6.07, 6.45) is 2.93. The molecular weight excluding hydrogens is 208 g/mol. The predicted molar refractivity (Wildman–Crippen MR) is 58.8 cm³/mol. The molecule has 4 N–H and O–H groups in total. The second-order valence-electron chi connectivity index (χ2n) is 4.53. The summed E-state index contributed by atoms with van der Waals surface area (Å²) in [6, 6.07) is 0. The van der Waals surface area contributed by atoms with Crippen molar-refractivity contribution in [2.24, 2.45) is 0 Å². The first kappa shape index (κ1) is 10.9. The van der Waals surface area contributed by atoms with Crippen LogP contribution in [0.2, 0.25) is 0 Å². The van der Waals surface area contributed by atoms with Gasteiger partial charge in [-0.25, -0.2) is 0 Å². The van der Waals surface area contributed by atoms with E-state index in [9.17, 15) is 9.90 Å². The Bertz CT molecular complexity index is 399. The van der Waals surface area contributed by atoms with Crippen molar-refractivity contribution in [3.05, 3.63) is 11.9 Å². The van der Waals surface area contributed by atoms with Crippen LogP contribution in [0.3, 0.4) is 0 Å². The molecule has 0 bridgehead atoms. The van der Waals surface area contributed by atoms with Gasteiger partial charge in [-0.15, -0.1) is 0 Å². The first-order valence-corrected chi connectivity index (χ1v) is 5.30. The number of nitrogen functional groups attached to an aromatic ring is 1. The van der Waals surface area contributed by atoms with E-state index in [4.69, 9.17) is 5.73 Å². The number of rotatable bonds is 1. The molecule has 0 radical (unpaired) electrons. The number of aliphatic hydroxyl groups is 1. The zero-order chi connectivity index (χ0) is 11.8. The molecule has 1 amide bonds. The van der Waals surface area contributed by atoms with Crippen LogP contribution in [-0.2, 0) is 0 Å². The standard InChI is InChI=1S/C10H16N4O2/c1-10(16)3-2-4-14(6-10)9(15)8-7(11)5-12-13-8/h5,16H,2-4,6,11H2,1H3,(H,12,13). The topological polar surface area (TPSA) is 95.2 Å². The van der Waals surface area contributed by atoms with Gasteiger partial charge < -0.3 is 15.7 Å². The highest BCUT2D eigenvalue weighted by atomic mass is 16.3. The lowest BCUT2D eigenvalue weighted by atomic mass is 9.95. The van der Waals surface area contributed by atoms with E-state index in [1.807, 2.05) is 0 Å². The second-order valence-corrected chi connectivity index (χ2v) is 4.53. The number of aromatic amines is 1. The molecule has 1 aromatic heterocycles. The zero-order valence-corrected chi connectivity index (χ0v) is 9.23. The molecule has 0 spiro atoms. The molecule has 0 saturated carbocycles. The maximum absolute atomic E-state index is 12.0. The lowest BCUT2D eigenvalue weighted by Crippen LogP contribution is -2.48. The Morgan fingerprint density at radius 3 is 3.06 bits per heavy atom. The number of carbonyl (C=O) groups excluding carboxylic acids is 1. The van der Waals surface area contributed by atoms with Crippen molar-refractivity contribution >= 4 is 11.6 Å². The molecule has 16 heavy (non-hydrogen) atoms. The summed E-state index contributed by atoms with van der Waals surface area (Å²) in [5, 5.41) is 16.2. The molecule has 6 heteroatoms. The predicted octanol–water partition coefficient (Wildman–Crippen LogP) is -0.0211. The van der Waals surface area contributed by atoms with Gasteiger partial charge in [0.1, 0.15) is 5.69 Å². The van der Waals surface area contributed by atoms with Crippen LogP contribution < -0.4 is 5.73 Å². The van der Waals surface area contributed by atoms with Crippen LogP contribution in [0.1, 0.15) is 30.3 Å². The maximum Gasteiger partial charge on any atom is 0.274 e. The van der Waals surface area contributed by atoms with Gasteiger partial charge in [-0.05, 0) is 19.8 Å².